The minimum absolute atomic E-state index is 0.0809. The van der Waals surface area contributed by atoms with Crippen molar-refractivity contribution in [3.63, 3.8) is 0 Å². The Hall–Kier alpha value is -0.570. The van der Waals surface area contributed by atoms with E-state index in [2.05, 4.69) is 4.90 Å². The molecule has 92 valence electrons. The molecule has 1 saturated heterocycles. The highest BCUT2D eigenvalue weighted by Gasteiger charge is 2.40. The molecule has 0 aromatic carbocycles. The van der Waals surface area contributed by atoms with Gasteiger partial charge in [-0.05, 0) is 38.1 Å². The van der Waals surface area contributed by atoms with Gasteiger partial charge < -0.3 is 5.73 Å². The van der Waals surface area contributed by atoms with E-state index in [-0.39, 0.29) is 11.9 Å². The molecule has 2 N–H and O–H groups in total. The van der Waals surface area contributed by atoms with Gasteiger partial charge in [-0.25, -0.2) is 0 Å². The molecule has 1 aliphatic carbocycles. The molecule has 3 nitrogen and oxygen atoms in total. The number of hydrogen-bond donors (Lipinski definition) is 1. The van der Waals surface area contributed by atoms with Crippen LogP contribution >= 0.6 is 0 Å². The molecule has 1 spiro atoms. The standard InChI is InChI=1S/C13H24N2O/c1-11(12(14)16)15-9-8-13(10-15)6-4-2-3-5-7-13/h11H,2-10H2,1H3,(H2,14,16)/t11-/m1/s1. The Bertz CT molecular complexity index is 257. The molecule has 1 heterocycles. The summed E-state index contributed by atoms with van der Waals surface area (Å²) in [5.74, 6) is -0.175. The lowest BCUT2D eigenvalue weighted by Crippen LogP contribution is -2.42. The molecule has 0 bridgehead atoms. The molecular formula is C13H24N2O. The molecule has 2 fully saturated rings. The van der Waals surface area contributed by atoms with Gasteiger partial charge in [-0.3, -0.25) is 9.69 Å². The first-order valence-electron chi connectivity index (χ1n) is 6.66. The first kappa shape index (κ1) is 11.9. The third kappa shape index (κ3) is 2.40. The van der Waals surface area contributed by atoms with Crippen LogP contribution in [0.1, 0.15) is 51.9 Å². The van der Waals surface area contributed by atoms with Crippen LogP contribution in [0.3, 0.4) is 0 Å². The topological polar surface area (TPSA) is 46.3 Å². The second-order valence-corrected chi connectivity index (χ2v) is 5.71. The molecule has 1 atom stereocenters. The number of amides is 1. The SMILES string of the molecule is C[C@H](C(N)=O)N1CCC2(CCCCCC2)C1. The number of carbonyl (C=O) groups is 1. The lowest BCUT2D eigenvalue weighted by atomic mass is 9.80. The maximum Gasteiger partial charge on any atom is 0.234 e. The summed E-state index contributed by atoms with van der Waals surface area (Å²) in [7, 11) is 0. The maximum absolute atomic E-state index is 11.2. The molecule has 2 aliphatic rings. The van der Waals surface area contributed by atoms with E-state index in [0.717, 1.165) is 13.1 Å². The van der Waals surface area contributed by atoms with E-state index in [1.165, 1.54) is 44.9 Å². The van der Waals surface area contributed by atoms with Gasteiger partial charge in [0, 0.05) is 6.54 Å². The van der Waals surface area contributed by atoms with E-state index < -0.39 is 0 Å². The monoisotopic (exact) mass is 224 g/mol. The van der Waals surface area contributed by atoms with Crippen molar-refractivity contribution in [2.75, 3.05) is 13.1 Å². The summed E-state index contributed by atoms with van der Waals surface area (Å²) in [6.07, 6.45) is 9.52. The average molecular weight is 224 g/mol. The van der Waals surface area contributed by atoms with Crippen molar-refractivity contribution in [1.82, 2.24) is 4.90 Å². The number of nitrogens with two attached hydrogens (primary N) is 1. The van der Waals surface area contributed by atoms with Gasteiger partial charge in [0.1, 0.15) is 0 Å². The van der Waals surface area contributed by atoms with Crippen LogP contribution in [0.2, 0.25) is 0 Å². The summed E-state index contributed by atoms with van der Waals surface area (Å²) < 4.78 is 0. The summed E-state index contributed by atoms with van der Waals surface area (Å²) in [5.41, 5.74) is 5.90. The lowest BCUT2D eigenvalue weighted by molar-refractivity contribution is -0.122. The second-order valence-electron chi connectivity index (χ2n) is 5.71. The van der Waals surface area contributed by atoms with E-state index in [9.17, 15) is 4.79 Å². The van der Waals surface area contributed by atoms with E-state index in [0.29, 0.717) is 5.41 Å². The highest BCUT2D eigenvalue weighted by molar-refractivity contribution is 5.79. The predicted molar refractivity (Wildman–Crippen MR) is 65.0 cm³/mol. The number of rotatable bonds is 2. The summed E-state index contributed by atoms with van der Waals surface area (Å²) in [5, 5.41) is 0. The van der Waals surface area contributed by atoms with Crippen LogP contribution < -0.4 is 5.73 Å². The zero-order valence-electron chi connectivity index (χ0n) is 10.4. The van der Waals surface area contributed by atoms with E-state index in [1.807, 2.05) is 6.92 Å². The maximum atomic E-state index is 11.2. The van der Waals surface area contributed by atoms with E-state index >= 15 is 0 Å². The molecule has 1 aliphatic heterocycles. The summed E-state index contributed by atoms with van der Waals surface area (Å²) in [6, 6.07) is -0.0809. The Morgan fingerprint density at radius 2 is 1.81 bits per heavy atom. The van der Waals surface area contributed by atoms with Crippen molar-refractivity contribution < 1.29 is 4.79 Å². The number of carbonyl (C=O) groups excluding carboxylic acids is 1. The summed E-state index contributed by atoms with van der Waals surface area (Å²) >= 11 is 0. The van der Waals surface area contributed by atoms with Crippen LogP contribution in [0.5, 0.6) is 0 Å². The van der Waals surface area contributed by atoms with Crippen molar-refractivity contribution in [3.05, 3.63) is 0 Å². The molecule has 1 saturated carbocycles. The summed E-state index contributed by atoms with van der Waals surface area (Å²) in [4.78, 5) is 13.5. The molecule has 0 radical (unpaired) electrons. The van der Waals surface area contributed by atoms with E-state index in [1.54, 1.807) is 0 Å². The molecule has 3 heteroatoms. The Labute approximate surface area is 98.4 Å². The van der Waals surface area contributed by atoms with Gasteiger partial charge in [-0.2, -0.15) is 0 Å². The lowest BCUT2D eigenvalue weighted by Gasteiger charge is -2.29. The Balaban J connectivity index is 1.97. The van der Waals surface area contributed by atoms with Gasteiger partial charge in [0.25, 0.3) is 0 Å². The summed E-state index contributed by atoms with van der Waals surface area (Å²) in [6.45, 7) is 4.10. The van der Waals surface area contributed by atoms with Gasteiger partial charge in [-0.15, -0.1) is 0 Å². The highest BCUT2D eigenvalue weighted by atomic mass is 16.1. The van der Waals surface area contributed by atoms with Gasteiger partial charge >= 0.3 is 0 Å². The van der Waals surface area contributed by atoms with Crippen molar-refractivity contribution >= 4 is 5.91 Å². The molecular weight excluding hydrogens is 200 g/mol. The first-order chi connectivity index (χ1) is 7.63. The van der Waals surface area contributed by atoms with Crippen LogP contribution in [0.15, 0.2) is 0 Å². The van der Waals surface area contributed by atoms with Crippen molar-refractivity contribution in [2.45, 2.75) is 57.9 Å². The third-order valence-corrected chi connectivity index (χ3v) is 4.59. The zero-order chi connectivity index (χ0) is 11.6. The predicted octanol–water partition coefficient (Wildman–Crippen LogP) is 1.91. The minimum Gasteiger partial charge on any atom is -0.368 e. The Kier molecular flexibility index (Phi) is 3.53. The molecule has 0 aromatic heterocycles. The van der Waals surface area contributed by atoms with Gasteiger partial charge in [0.2, 0.25) is 5.91 Å². The Morgan fingerprint density at radius 3 is 2.38 bits per heavy atom. The second kappa shape index (κ2) is 4.74. The van der Waals surface area contributed by atoms with Gasteiger partial charge in [-0.1, -0.05) is 25.7 Å². The van der Waals surface area contributed by atoms with Crippen LogP contribution in [0.25, 0.3) is 0 Å². The fourth-order valence-corrected chi connectivity index (χ4v) is 3.37. The van der Waals surface area contributed by atoms with E-state index in [4.69, 9.17) is 5.73 Å². The fourth-order valence-electron chi connectivity index (χ4n) is 3.37. The van der Waals surface area contributed by atoms with Gasteiger partial charge in [0.15, 0.2) is 0 Å². The smallest absolute Gasteiger partial charge is 0.234 e. The van der Waals surface area contributed by atoms with Crippen molar-refractivity contribution in [3.8, 4) is 0 Å². The molecule has 1 amide bonds. The first-order valence-corrected chi connectivity index (χ1v) is 6.66. The number of nitrogens with zero attached hydrogens (tertiary/aromatic N) is 1. The van der Waals surface area contributed by atoms with Crippen LogP contribution in [-0.4, -0.2) is 29.9 Å². The van der Waals surface area contributed by atoms with Crippen molar-refractivity contribution in [1.29, 1.82) is 0 Å². The molecule has 2 rings (SSSR count). The largest absolute Gasteiger partial charge is 0.368 e. The number of hydrogen-bond acceptors (Lipinski definition) is 2. The number of likely N-dealkylation sites (tertiary alicyclic amines) is 1. The number of primary amides is 1. The third-order valence-electron chi connectivity index (χ3n) is 4.59. The normalized spacial score (nSPS) is 27.8. The highest BCUT2D eigenvalue weighted by Crippen LogP contribution is 2.43. The molecule has 0 aromatic rings. The van der Waals surface area contributed by atoms with Crippen LogP contribution in [0, 0.1) is 5.41 Å². The van der Waals surface area contributed by atoms with Crippen molar-refractivity contribution in [2.24, 2.45) is 11.1 Å². The quantitative estimate of drug-likeness (QED) is 0.778. The van der Waals surface area contributed by atoms with Crippen LogP contribution in [0.4, 0.5) is 0 Å². The zero-order valence-corrected chi connectivity index (χ0v) is 10.4. The minimum atomic E-state index is -0.175. The molecule has 0 unspecified atom stereocenters. The van der Waals surface area contributed by atoms with Gasteiger partial charge in [0.05, 0.1) is 6.04 Å². The Morgan fingerprint density at radius 1 is 1.19 bits per heavy atom. The average Bonchev–Trinajstić information content (AvgIpc) is 2.52. The van der Waals surface area contributed by atoms with Crippen LogP contribution in [-0.2, 0) is 4.79 Å². The fraction of sp³-hybridized carbons (Fsp3) is 0.923. The molecule has 16 heavy (non-hydrogen) atoms.